The van der Waals surface area contributed by atoms with E-state index < -0.39 is 83.9 Å². The molecule has 66 heavy (non-hydrogen) atoms. The predicted octanol–water partition coefficient (Wildman–Crippen LogP) is 5.70. The number of allylic oxidation sites excluding steroid dienone is 6. The lowest BCUT2D eigenvalue weighted by Gasteiger charge is -2.42. The molecule has 2 heterocycles. The van der Waals surface area contributed by atoms with E-state index in [1.54, 1.807) is 48.0 Å². The number of nitrogens with zero attached hydrogens (tertiary/aromatic N) is 1. The zero-order chi connectivity index (χ0) is 49.5. The van der Waals surface area contributed by atoms with Gasteiger partial charge in [-0.05, 0) is 107 Å². The van der Waals surface area contributed by atoms with Gasteiger partial charge in [-0.2, -0.15) is 0 Å². The number of carboxylic acids is 1. The zero-order valence-electron chi connectivity index (χ0n) is 41.1. The fraction of sp³-hybridized carbons (Fsp3) is 0.745. The molecule has 2 saturated heterocycles. The van der Waals surface area contributed by atoms with Gasteiger partial charge < -0.3 is 49.4 Å². The van der Waals surface area contributed by atoms with Crippen LogP contribution in [0.3, 0.4) is 0 Å². The summed E-state index contributed by atoms with van der Waals surface area (Å²) in [6.45, 7) is 12.7. The molecule has 3 aliphatic rings. The number of ketones is 3. The quantitative estimate of drug-likeness (QED) is 0.0421. The number of carbonyl (C=O) groups is 5. The van der Waals surface area contributed by atoms with Gasteiger partial charge in [-0.25, -0.2) is 4.79 Å². The number of Topliss-reactive ketones (excluding diaryl/α,β-unsaturated/α-hetero) is 3. The first kappa shape index (κ1) is 56.9. The van der Waals surface area contributed by atoms with Crippen LogP contribution in [0.5, 0.6) is 0 Å². The van der Waals surface area contributed by atoms with Gasteiger partial charge in [0.15, 0.2) is 5.78 Å². The van der Waals surface area contributed by atoms with Gasteiger partial charge in [0.05, 0.1) is 30.5 Å². The smallest absolute Gasteiger partial charge is 0.326 e. The molecule has 2 aliphatic heterocycles. The van der Waals surface area contributed by atoms with Crippen molar-refractivity contribution in [3.63, 3.8) is 0 Å². The molecule has 0 aromatic heterocycles. The van der Waals surface area contributed by atoms with Crippen molar-refractivity contribution >= 4 is 29.2 Å². The molecule has 3 fully saturated rings. The van der Waals surface area contributed by atoms with E-state index in [2.05, 4.69) is 0 Å². The molecule has 0 radical (unpaired) electrons. The summed E-state index contributed by atoms with van der Waals surface area (Å²) < 4.78 is 22.6. The third kappa shape index (κ3) is 15.8. The highest BCUT2D eigenvalue weighted by atomic mass is 16.6. The highest BCUT2D eigenvalue weighted by Gasteiger charge is 2.53. The molecule has 0 aromatic carbocycles. The zero-order valence-corrected chi connectivity index (χ0v) is 41.1. The van der Waals surface area contributed by atoms with Gasteiger partial charge in [-0.3, -0.25) is 19.2 Å². The molecule has 3 rings (SSSR count). The van der Waals surface area contributed by atoms with E-state index in [4.69, 9.17) is 18.9 Å². The second kappa shape index (κ2) is 27.0. The summed E-state index contributed by atoms with van der Waals surface area (Å²) >= 11 is 0. The lowest BCUT2D eigenvalue weighted by atomic mass is 9.78. The van der Waals surface area contributed by atoms with E-state index in [-0.39, 0.29) is 48.9 Å². The van der Waals surface area contributed by atoms with E-state index in [9.17, 15) is 49.5 Å². The van der Waals surface area contributed by atoms with Gasteiger partial charge in [0, 0.05) is 58.5 Å². The second-order valence-electron chi connectivity index (χ2n) is 19.5. The minimum absolute atomic E-state index is 0.00151. The molecule has 5 N–H and O–H groups in total. The number of aliphatic hydroxyl groups is 4. The molecule has 15 heteroatoms. The summed E-state index contributed by atoms with van der Waals surface area (Å²) in [5, 5.41) is 53.3. The predicted molar refractivity (Wildman–Crippen MR) is 249 cm³/mol. The molecule has 1 aliphatic carbocycles. The summed E-state index contributed by atoms with van der Waals surface area (Å²) in [6, 6.07) is -1.12. The number of aliphatic hydroxyl groups excluding tert-OH is 3. The van der Waals surface area contributed by atoms with Crippen LogP contribution in [0.25, 0.3) is 0 Å². The highest BCUT2D eigenvalue weighted by Crippen LogP contribution is 2.37. The molecule has 15 atom stereocenters. The Morgan fingerprint density at radius 3 is 2.21 bits per heavy atom. The Balaban J connectivity index is 1.50. The summed E-state index contributed by atoms with van der Waals surface area (Å²) in [6.07, 6.45) is 12.2. The first-order valence-corrected chi connectivity index (χ1v) is 24.0. The van der Waals surface area contributed by atoms with Crippen LogP contribution in [0, 0.1) is 35.5 Å². The summed E-state index contributed by atoms with van der Waals surface area (Å²) in [5.41, 5.74) is 1.29. The first-order chi connectivity index (χ1) is 31.1. The Morgan fingerprint density at radius 2 is 1.58 bits per heavy atom. The Hall–Kier alpha value is -3.41. The number of aliphatic carboxylic acids is 1. The van der Waals surface area contributed by atoms with Crippen molar-refractivity contribution < 1.29 is 68.5 Å². The molecular weight excluding hydrogens is 851 g/mol. The van der Waals surface area contributed by atoms with Crippen molar-refractivity contribution in [1.82, 2.24) is 4.90 Å². The fourth-order valence-electron chi connectivity index (χ4n) is 9.76. The third-order valence-electron chi connectivity index (χ3n) is 14.3. The topological polar surface area (TPSA) is 227 Å². The van der Waals surface area contributed by atoms with E-state index in [1.807, 2.05) is 51.2 Å². The Bertz CT molecular complexity index is 1740. The van der Waals surface area contributed by atoms with Gasteiger partial charge in [0.2, 0.25) is 5.79 Å². The van der Waals surface area contributed by atoms with Crippen molar-refractivity contribution in [3.8, 4) is 0 Å². The van der Waals surface area contributed by atoms with E-state index in [0.29, 0.717) is 62.9 Å². The SMILES string of the molecule is CO[C@@H](C[C@@H]1CC[C@@H](C)[C@](O)(C(=O)C(=O)N2CCCC[C@H]2C(=O)O)O1)/C(C)=C/C=C/C=C/[C@@H](C)C[C@H](C)C(=O)[C@@H](OC)[C@@H](O)/C(C)=C/[C@@H](C)C(=O)CC(O)[C@@H](C)C[C@H]1CC[C@H](O)[C@@H](OC)C1. The number of likely N-dealkylation sites (tertiary alicyclic amines) is 1. The number of hydrogen-bond donors (Lipinski definition) is 5. The second-order valence-corrected chi connectivity index (χ2v) is 19.5. The normalized spacial score (nSPS) is 29.5. The number of methoxy groups -OCH3 is 3. The molecular formula is C51H81NO14. The number of hydrogen-bond acceptors (Lipinski definition) is 13. The number of amides is 1. The summed E-state index contributed by atoms with van der Waals surface area (Å²) in [4.78, 5) is 66.2. The molecule has 15 nitrogen and oxygen atoms in total. The lowest BCUT2D eigenvalue weighted by molar-refractivity contribution is -0.265. The number of ether oxygens (including phenoxy) is 4. The van der Waals surface area contributed by atoms with Crippen molar-refractivity contribution in [3.05, 3.63) is 47.6 Å². The van der Waals surface area contributed by atoms with Crippen LogP contribution in [-0.4, -0.2) is 142 Å². The van der Waals surface area contributed by atoms with Gasteiger partial charge >= 0.3 is 5.97 Å². The van der Waals surface area contributed by atoms with Crippen LogP contribution in [0.2, 0.25) is 0 Å². The molecule has 374 valence electrons. The van der Waals surface area contributed by atoms with Crippen LogP contribution in [0.1, 0.15) is 126 Å². The largest absolute Gasteiger partial charge is 0.480 e. The number of piperidine rings is 1. The standard InChI is InChI=1S/C51H81NO14/c1-30(24-34(5)45(56)47(65-10)46(57)35(6)25-32(3)41(54)29-42(55)33(4)26-37-20-22-40(53)44(27-37)64-9)16-12-11-13-17-31(2)43(63-8)28-38-21-19-36(7)51(62,66-38)48(58)49(59)52-23-15-14-18-39(52)50(60)61/h11-13,16-17,25,30,32-34,36-40,42-44,46-47,53,55,57,62H,14-15,18-24,26-29H2,1-10H3,(H,60,61)/b13-11+,16-12+,31-17+,35-25+/t30-,32-,33+,34+,36-,37-,38+,39+,40+,42?,43+,44+,46+,47-,51-/m1/s1. The average Bonchev–Trinajstić information content (AvgIpc) is 3.28. The van der Waals surface area contributed by atoms with Crippen LogP contribution in [-0.2, 0) is 42.9 Å². The Morgan fingerprint density at radius 1 is 0.879 bits per heavy atom. The van der Waals surface area contributed by atoms with Crippen molar-refractivity contribution in [2.75, 3.05) is 27.9 Å². The van der Waals surface area contributed by atoms with Crippen molar-refractivity contribution in [1.29, 1.82) is 0 Å². The summed E-state index contributed by atoms with van der Waals surface area (Å²) in [5.74, 6) is -7.74. The van der Waals surface area contributed by atoms with Crippen molar-refractivity contribution in [2.45, 2.75) is 180 Å². The number of carbonyl (C=O) groups excluding carboxylic acids is 4. The number of carboxylic acid groups (broad SMARTS) is 1. The monoisotopic (exact) mass is 932 g/mol. The summed E-state index contributed by atoms with van der Waals surface area (Å²) in [7, 11) is 4.52. The van der Waals surface area contributed by atoms with Gasteiger partial charge in [-0.1, -0.05) is 71.1 Å². The minimum atomic E-state index is -2.39. The maximum atomic E-state index is 13.6. The number of rotatable bonds is 25. The third-order valence-corrected chi connectivity index (χ3v) is 14.3. The minimum Gasteiger partial charge on any atom is -0.480 e. The Labute approximate surface area is 392 Å². The Kier molecular flexibility index (Phi) is 23.2. The molecule has 1 unspecified atom stereocenters. The van der Waals surface area contributed by atoms with Gasteiger partial charge in [-0.15, -0.1) is 0 Å². The average molecular weight is 932 g/mol. The van der Waals surface area contributed by atoms with Crippen LogP contribution < -0.4 is 0 Å². The van der Waals surface area contributed by atoms with E-state index >= 15 is 0 Å². The van der Waals surface area contributed by atoms with E-state index in [1.165, 1.54) is 7.11 Å². The van der Waals surface area contributed by atoms with Crippen LogP contribution in [0.15, 0.2) is 47.6 Å². The molecule has 0 aromatic rings. The molecule has 0 bridgehead atoms. The van der Waals surface area contributed by atoms with Gasteiger partial charge in [0.1, 0.15) is 24.0 Å². The highest BCUT2D eigenvalue weighted by molar-refractivity contribution is 6.39. The van der Waals surface area contributed by atoms with Gasteiger partial charge in [0.25, 0.3) is 11.7 Å². The van der Waals surface area contributed by atoms with Crippen LogP contribution in [0.4, 0.5) is 0 Å². The van der Waals surface area contributed by atoms with Crippen molar-refractivity contribution in [2.24, 2.45) is 35.5 Å². The first-order valence-electron chi connectivity index (χ1n) is 24.0. The maximum absolute atomic E-state index is 13.6. The molecule has 1 saturated carbocycles. The lowest BCUT2D eigenvalue weighted by Crippen LogP contribution is -2.60. The maximum Gasteiger partial charge on any atom is 0.326 e. The van der Waals surface area contributed by atoms with E-state index in [0.717, 1.165) is 23.3 Å². The molecule has 0 spiro atoms. The van der Waals surface area contributed by atoms with Crippen LogP contribution >= 0.6 is 0 Å². The molecule has 1 amide bonds. The fourth-order valence-corrected chi connectivity index (χ4v) is 9.76.